The number of aryl methyl sites for hydroxylation is 12. The Kier molecular flexibility index (Phi) is 9.26. The molecule has 6 nitrogen and oxygen atoms in total. The van der Waals surface area contributed by atoms with Crippen LogP contribution in [0, 0.1) is 83.1 Å². The van der Waals surface area contributed by atoms with Crippen molar-refractivity contribution in [2.45, 2.75) is 83.1 Å². The minimum absolute atomic E-state index is 0.221. The van der Waals surface area contributed by atoms with Crippen LogP contribution >= 0.6 is 0 Å². The van der Waals surface area contributed by atoms with Crippen molar-refractivity contribution in [1.82, 2.24) is 9.97 Å². The highest BCUT2D eigenvalue weighted by atomic mass is 16.5. The van der Waals surface area contributed by atoms with E-state index in [1.54, 1.807) is 0 Å². The van der Waals surface area contributed by atoms with Gasteiger partial charge in [-0.15, -0.1) is 0 Å². The normalized spacial score (nSPS) is 14.2. The first-order valence-corrected chi connectivity index (χ1v) is 27.9. The lowest BCUT2D eigenvalue weighted by atomic mass is 9.28. The number of hydrogen-bond donors (Lipinski definition) is 0. The molecule has 2 aromatic heterocycles. The van der Waals surface area contributed by atoms with Gasteiger partial charge in [0.25, 0.3) is 26.9 Å². The summed E-state index contributed by atoms with van der Waals surface area (Å²) in [4.78, 5) is 18.1. The summed E-state index contributed by atoms with van der Waals surface area (Å²) >= 11 is 0. The molecule has 10 heteroatoms. The van der Waals surface area contributed by atoms with E-state index >= 15 is 0 Å². The van der Waals surface area contributed by atoms with Gasteiger partial charge in [-0.3, -0.25) is 9.97 Å². The second-order valence-electron chi connectivity index (χ2n) is 23.8. The van der Waals surface area contributed by atoms with Gasteiger partial charge in [-0.2, -0.15) is 0 Å². The van der Waals surface area contributed by atoms with Gasteiger partial charge in [-0.25, -0.2) is 0 Å². The maximum atomic E-state index is 7.17. The Balaban J connectivity index is 1.17. The minimum Gasteiger partial charge on any atom is -0.453 e. The Morgan fingerprint density at radius 3 is 0.808 bits per heavy atom. The van der Waals surface area contributed by atoms with E-state index in [0.717, 1.165) is 79.3 Å². The lowest BCUT2D eigenvalue weighted by molar-refractivity contribution is 0.477. The molecule has 8 aromatic carbocycles. The fraction of sp³-hybridized carbons (Fsp3) is 0.176. The van der Waals surface area contributed by atoms with Gasteiger partial charge in [0.2, 0.25) is 0 Å². The summed E-state index contributed by atoms with van der Waals surface area (Å²) in [5, 5.41) is 0. The lowest BCUT2D eigenvalue weighted by Gasteiger charge is -2.48. The van der Waals surface area contributed by atoms with Crippen molar-refractivity contribution in [1.29, 1.82) is 0 Å². The Hall–Kier alpha value is -8.22. The molecular formula is C68H56B4N4O2. The number of fused-ring (bicyclic) bond motifs is 3. The van der Waals surface area contributed by atoms with E-state index in [2.05, 4.69) is 214 Å². The van der Waals surface area contributed by atoms with Gasteiger partial charge >= 0.3 is 0 Å². The zero-order valence-corrected chi connectivity index (χ0v) is 46.5. The van der Waals surface area contributed by atoms with Gasteiger partial charge in [0.1, 0.15) is 0 Å². The lowest BCUT2D eigenvalue weighted by Crippen LogP contribution is -2.70. The Bertz CT molecular complexity index is 4080. The number of hydrogen-bond acceptors (Lipinski definition) is 6. The van der Waals surface area contributed by atoms with Crippen LogP contribution in [0.5, 0.6) is 23.0 Å². The van der Waals surface area contributed by atoms with Crippen LogP contribution in [0.25, 0.3) is 11.0 Å². The van der Waals surface area contributed by atoms with Crippen LogP contribution < -0.4 is 85.1 Å². The van der Waals surface area contributed by atoms with E-state index in [4.69, 9.17) is 19.4 Å². The highest BCUT2D eigenvalue weighted by Gasteiger charge is 2.54. The summed E-state index contributed by atoms with van der Waals surface area (Å²) in [6.45, 7) is 26.5. The van der Waals surface area contributed by atoms with E-state index < -0.39 is 0 Å². The molecule has 0 saturated heterocycles. The van der Waals surface area contributed by atoms with Gasteiger partial charge in [-0.1, -0.05) is 186 Å². The molecule has 0 unspecified atom stereocenters. The molecule has 0 radical (unpaired) electrons. The van der Waals surface area contributed by atoms with Crippen molar-refractivity contribution in [2.75, 3.05) is 9.80 Å². The quantitative estimate of drug-likeness (QED) is 0.168. The molecule has 8 heterocycles. The van der Waals surface area contributed by atoms with Gasteiger partial charge in [0, 0.05) is 11.2 Å². The second-order valence-corrected chi connectivity index (χ2v) is 23.8. The van der Waals surface area contributed by atoms with Crippen LogP contribution in [0.3, 0.4) is 0 Å². The largest absolute Gasteiger partial charge is 0.453 e. The van der Waals surface area contributed by atoms with Crippen LogP contribution in [0.15, 0.2) is 121 Å². The third kappa shape index (κ3) is 5.83. The van der Waals surface area contributed by atoms with Gasteiger partial charge in [-0.05, 0) is 140 Å². The number of benzene rings is 8. The Morgan fingerprint density at radius 2 is 0.538 bits per heavy atom. The van der Waals surface area contributed by atoms with Crippen molar-refractivity contribution >= 4 is 138 Å². The molecule has 0 saturated carbocycles. The number of aromatic nitrogens is 2. The molecule has 16 rings (SSSR count). The summed E-state index contributed by atoms with van der Waals surface area (Å²) in [5.74, 6) is 3.44. The van der Waals surface area contributed by atoms with Gasteiger partial charge in [0.15, 0.2) is 23.0 Å². The fourth-order valence-electron chi connectivity index (χ4n) is 16.4. The third-order valence-electron chi connectivity index (χ3n) is 18.6. The van der Waals surface area contributed by atoms with Crippen molar-refractivity contribution in [3.8, 4) is 23.0 Å². The highest BCUT2D eigenvalue weighted by Crippen LogP contribution is 2.54. The molecular weight excluding hydrogens is 948 g/mol. The number of pyridine rings is 2. The first kappa shape index (κ1) is 45.9. The molecule has 78 heavy (non-hydrogen) atoms. The predicted octanol–water partition coefficient (Wildman–Crippen LogP) is 7.80. The van der Waals surface area contributed by atoms with E-state index in [9.17, 15) is 0 Å². The summed E-state index contributed by atoms with van der Waals surface area (Å²) in [6, 6.07) is 45.8. The molecule has 372 valence electrons. The maximum absolute atomic E-state index is 7.17. The zero-order chi connectivity index (χ0) is 53.2. The standard InChI is InChI=1S/C68H56B4N4O2/c1-33-25-37(5)53(38(6)26-33)69-45-17-13-21-49-61(45)75-63-47(19-15-23-51(63)77-49)71(55-41(9)29-35(3)30-42(55)10)67-65(75)57(69)59-60(74-67)58-66-68(73-59)72(56-43(11)31-36(4)32-44(56)12)48-20-16-24-52-64(48)76(66)62-46(18-14-22-50(62)78-52)70(58)54-39(7)27-34(2)28-40(54)8/h13-32H,1-12H3. The molecule has 0 amide bonds. The summed E-state index contributed by atoms with van der Waals surface area (Å²) in [6.07, 6.45) is 0. The molecule has 0 fully saturated rings. The summed E-state index contributed by atoms with van der Waals surface area (Å²) in [5.41, 5.74) is 38.2. The molecule has 6 aliphatic rings. The van der Waals surface area contributed by atoms with E-state index in [0.29, 0.717) is 0 Å². The minimum atomic E-state index is -0.223. The van der Waals surface area contributed by atoms with E-state index in [1.807, 2.05) is 0 Å². The molecule has 10 aromatic rings. The average Bonchev–Trinajstić information content (AvgIpc) is 2.84. The predicted molar refractivity (Wildman–Crippen MR) is 330 cm³/mol. The third-order valence-corrected chi connectivity index (χ3v) is 18.6. The van der Waals surface area contributed by atoms with Crippen molar-refractivity contribution in [2.24, 2.45) is 0 Å². The number of nitrogens with zero attached hydrogens (tertiary/aromatic N) is 4. The van der Waals surface area contributed by atoms with Gasteiger partial charge in [0.05, 0.1) is 45.2 Å². The van der Waals surface area contributed by atoms with Crippen LogP contribution in [0.2, 0.25) is 0 Å². The van der Waals surface area contributed by atoms with Crippen molar-refractivity contribution in [3.63, 3.8) is 0 Å². The van der Waals surface area contributed by atoms with Gasteiger partial charge < -0.3 is 19.3 Å². The highest BCUT2D eigenvalue weighted by molar-refractivity contribution is 7.06. The van der Waals surface area contributed by atoms with E-state index in [-0.39, 0.29) is 26.9 Å². The monoisotopic (exact) mass is 1000 g/mol. The summed E-state index contributed by atoms with van der Waals surface area (Å²) < 4.78 is 14.3. The van der Waals surface area contributed by atoms with Crippen molar-refractivity contribution in [3.05, 3.63) is 188 Å². The molecule has 6 aliphatic heterocycles. The fourth-order valence-corrected chi connectivity index (χ4v) is 16.4. The molecule has 0 spiro atoms. The molecule has 0 bridgehead atoms. The topological polar surface area (TPSA) is 50.7 Å². The Morgan fingerprint density at radius 1 is 0.295 bits per heavy atom. The van der Waals surface area contributed by atoms with Crippen LogP contribution in [0.4, 0.5) is 34.1 Å². The SMILES string of the molecule is Cc1cc(C)c(B2c3cccc4c3N3c5c(cccc5B(c5c(C)cc(C)cc5C)c5c3c2nc2c3c6c(nc52)B(c2c(C)cc(C)cc2C)c2cccc5c2N6c2c(cccc2B3c2c(C)cc(C)cc2C)O5)O4)c(C)c1. The van der Waals surface area contributed by atoms with Crippen LogP contribution in [0.1, 0.15) is 66.8 Å². The first-order chi connectivity index (χ1) is 37.7. The van der Waals surface area contributed by atoms with Crippen LogP contribution in [-0.2, 0) is 0 Å². The second kappa shape index (κ2) is 15.7. The number of rotatable bonds is 4. The smallest absolute Gasteiger partial charge is 0.271 e. The molecule has 0 aliphatic carbocycles. The number of ether oxygens (including phenoxy) is 2. The zero-order valence-electron chi connectivity index (χ0n) is 46.5. The van der Waals surface area contributed by atoms with Crippen molar-refractivity contribution < 1.29 is 9.47 Å². The molecule has 0 atom stereocenters. The summed E-state index contributed by atoms with van der Waals surface area (Å²) in [7, 11) is 0. The van der Waals surface area contributed by atoms with Crippen LogP contribution in [-0.4, -0.2) is 36.8 Å². The van der Waals surface area contributed by atoms with E-state index in [1.165, 1.54) is 121 Å². The molecule has 0 N–H and O–H groups in total. The number of anilines is 6. The first-order valence-electron chi connectivity index (χ1n) is 27.9. The Labute approximate surface area is 458 Å². The maximum Gasteiger partial charge on any atom is 0.271 e. The number of para-hydroxylation sites is 4. The average molecular weight is 1000 g/mol.